The fourth-order valence-corrected chi connectivity index (χ4v) is 3.52. The van der Waals surface area contributed by atoms with Crippen LogP contribution < -0.4 is 10.6 Å². The lowest BCUT2D eigenvalue weighted by atomic mass is 10.1. The number of rotatable bonds is 7. The van der Waals surface area contributed by atoms with Gasteiger partial charge in [-0.2, -0.15) is 0 Å². The Hall–Kier alpha value is -2.60. The molecule has 0 fully saturated rings. The van der Waals surface area contributed by atoms with E-state index in [1.165, 1.54) is 10.4 Å². The number of nitrogens with one attached hydrogen (secondary N) is 2. The zero-order chi connectivity index (χ0) is 18.2. The van der Waals surface area contributed by atoms with Gasteiger partial charge in [0.1, 0.15) is 5.82 Å². The molecule has 0 aliphatic heterocycles. The lowest BCUT2D eigenvalue weighted by molar-refractivity contribution is 0.673. The van der Waals surface area contributed by atoms with Crippen LogP contribution in [0, 0.1) is 0 Å². The Labute approximate surface area is 158 Å². The number of guanidine groups is 1. The summed E-state index contributed by atoms with van der Waals surface area (Å²) in [4.78, 5) is 10.2. The summed E-state index contributed by atoms with van der Waals surface area (Å²) in [5.41, 5.74) is 1.26. The molecule has 2 aromatic heterocycles. The lowest BCUT2D eigenvalue weighted by Crippen LogP contribution is -2.39. The van der Waals surface area contributed by atoms with Crippen LogP contribution in [0.4, 0.5) is 0 Å². The van der Waals surface area contributed by atoms with Crippen LogP contribution in [-0.4, -0.2) is 29.1 Å². The first-order valence-corrected chi connectivity index (χ1v) is 9.66. The van der Waals surface area contributed by atoms with Crippen LogP contribution in [0.2, 0.25) is 0 Å². The Morgan fingerprint density at radius 2 is 2.04 bits per heavy atom. The number of imidazole rings is 1. The van der Waals surface area contributed by atoms with E-state index in [-0.39, 0.29) is 0 Å². The molecule has 5 nitrogen and oxygen atoms in total. The van der Waals surface area contributed by atoms with Crippen molar-refractivity contribution in [3.8, 4) is 0 Å². The first-order valence-electron chi connectivity index (χ1n) is 8.78. The molecule has 3 aromatic rings. The number of benzene rings is 1. The summed E-state index contributed by atoms with van der Waals surface area (Å²) < 4.78 is 2.16. The van der Waals surface area contributed by atoms with Gasteiger partial charge >= 0.3 is 0 Å². The number of nitrogens with zero attached hydrogens (tertiary/aromatic N) is 3. The van der Waals surface area contributed by atoms with E-state index in [0.29, 0.717) is 12.5 Å². The monoisotopic (exact) mass is 367 g/mol. The highest BCUT2D eigenvalue weighted by Gasteiger charge is 2.09. The van der Waals surface area contributed by atoms with Gasteiger partial charge in [0.05, 0.1) is 6.54 Å². The molecule has 3 rings (SSSR count). The Kier molecular flexibility index (Phi) is 6.44. The number of hydrogen-bond donors (Lipinski definition) is 2. The van der Waals surface area contributed by atoms with Crippen molar-refractivity contribution in [3.63, 3.8) is 0 Å². The topological polar surface area (TPSA) is 54.2 Å². The normalized spacial score (nSPS) is 12.8. The number of hydrogen-bond acceptors (Lipinski definition) is 3. The van der Waals surface area contributed by atoms with E-state index in [0.717, 1.165) is 24.9 Å². The summed E-state index contributed by atoms with van der Waals surface area (Å²) >= 11 is 1.79. The average Bonchev–Trinajstić information content (AvgIpc) is 3.35. The molecule has 2 N–H and O–H groups in total. The third-order valence-corrected chi connectivity index (χ3v) is 5.34. The molecule has 1 atom stereocenters. The largest absolute Gasteiger partial charge is 0.356 e. The van der Waals surface area contributed by atoms with Gasteiger partial charge in [-0.05, 0) is 17.0 Å². The van der Waals surface area contributed by atoms with E-state index < -0.39 is 0 Å². The lowest BCUT2D eigenvalue weighted by Gasteiger charge is -2.15. The average molecular weight is 368 g/mol. The molecule has 0 aliphatic rings. The van der Waals surface area contributed by atoms with Crippen molar-refractivity contribution in [2.75, 3.05) is 13.6 Å². The van der Waals surface area contributed by atoms with Gasteiger partial charge in [0, 0.05) is 43.3 Å². The van der Waals surface area contributed by atoms with Gasteiger partial charge in [-0.15, -0.1) is 11.3 Å². The van der Waals surface area contributed by atoms with Gasteiger partial charge in [0.2, 0.25) is 0 Å². The molecule has 0 bridgehead atoms. The standard InChI is InChI=1S/C20H25N5S/c1-16(18-9-6-12-26-18)13-23-20(21-2)24-14-19-22-10-11-25(19)15-17-7-4-3-5-8-17/h3-12,16H,13-15H2,1-2H3,(H2,21,23,24). The molecule has 0 saturated heterocycles. The molecule has 0 amide bonds. The van der Waals surface area contributed by atoms with Crippen LogP contribution in [0.3, 0.4) is 0 Å². The second-order valence-corrected chi connectivity index (χ2v) is 7.16. The second kappa shape index (κ2) is 9.20. The molecule has 0 radical (unpaired) electrons. The maximum atomic E-state index is 4.47. The van der Waals surface area contributed by atoms with Crippen LogP contribution in [0.1, 0.15) is 29.1 Å². The molecule has 0 saturated carbocycles. The molecule has 0 aliphatic carbocycles. The maximum Gasteiger partial charge on any atom is 0.191 e. The van der Waals surface area contributed by atoms with Crippen molar-refractivity contribution in [3.05, 3.63) is 76.5 Å². The van der Waals surface area contributed by atoms with E-state index in [4.69, 9.17) is 0 Å². The van der Waals surface area contributed by atoms with Gasteiger partial charge < -0.3 is 15.2 Å². The van der Waals surface area contributed by atoms with Crippen molar-refractivity contribution in [2.45, 2.75) is 25.9 Å². The second-order valence-electron chi connectivity index (χ2n) is 6.18. The van der Waals surface area contributed by atoms with Crippen LogP contribution in [0.25, 0.3) is 0 Å². The Morgan fingerprint density at radius 3 is 2.77 bits per heavy atom. The number of aliphatic imine (C=N–C) groups is 1. The van der Waals surface area contributed by atoms with E-state index in [9.17, 15) is 0 Å². The van der Waals surface area contributed by atoms with Crippen molar-refractivity contribution < 1.29 is 0 Å². The predicted octanol–water partition coefficient (Wildman–Crippen LogP) is 3.46. The van der Waals surface area contributed by atoms with E-state index in [2.05, 4.69) is 73.9 Å². The number of aromatic nitrogens is 2. The Balaban J connectivity index is 1.52. The van der Waals surface area contributed by atoms with Crippen LogP contribution in [0.5, 0.6) is 0 Å². The zero-order valence-electron chi connectivity index (χ0n) is 15.2. The molecule has 6 heteroatoms. The van der Waals surface area contributed by atoms with Gasteiger partial charge in [0.15, 0.2) is 5.96 Å². The zero-order valence-corrected chi connectivity index (χ0v) is 16.0. The summed E-state index contributed by atoms with van der Waals surface area (Å²) in [6.45, 7) is 4.52. The van der Waals surface area contributed by atoms with E-state index in [1.807, 2.05) is 18.5 Å². The van der Waals surface area contributed by atoms with Crippen molar-refractivity contribution >= 4 is 17.3 Å². The smallest absolute Gasteiger partial charge is 0.191 e. The maximum absolute atomic E-state index is 4.47. The molecular weight excluding hydrogens is 342 g/mol. The highest BCUT2D eigenvalue weighted by atomic mass is 32.1. The molecule has 136 valence electrons. The minimum Gasteiger partial charge on any atom is -0.356 e. The van der Waals surface area contributed by atoms with Crippen LogP contribution in [0.15, 0.2) is 65.2 Å². The fourth-order valence-electron chi connectivity index (χ4n) is 2.74. The Morgan fingerprint density at radius 1 is 1.19 bits per heavy atom. The van der Waals surface area contributed by atoms with Gasteiger partial charge in [-0.1, -0.05) is 43.3 Å². The quantitative estimate of drug-likeness (QED) is 0.497. The summed E-state index contributed by atoms with van der Waals surface area (Å²) in [5, 5.41) is 8.87. The van der Waals surface area contributed by atoms with E-state index >= 15 is 0 Å². The minimum atomic E-state index is 0.452. The van der Waals surface area contributed by atoms with Crippen molar-refractivity contribution in [2.24, 2.45) is 4.99 Å². The third kappa shape index (κ3) is 4.95. The summed E-state index contributed by atoms with van der Waals surface area (Å²) in [5.74, 6) is 2.24. The third-order valence-electron chi connectivity index (χ3n) is 4.24. The molecule has 0 spiro atoms. The van der Waals surface area contributed by atoms with Crippen LogP contribution in [-0.2, 0) is 13.1 Å². The van der Waals surface area contributed by atoms with E-state index in [1.54, 1.807) is 18.4 Å². The minimum absolute atomic E-state index is 0.452. The summed E-state index contributed by atoms with van der Waals surface area (Å²) in [6, 6.07) is 14.7. The molecule has 1 aromatic carbocycles. The first kappa shape index (κ1) is 18.2. The molecular formula is C20H25N5S. The fraction of sp³-hybridized carbons (Fsp3) is 0.300. The number of thiophene rings is 1. The Bertz CT molecular complexity index is 808. The van der Waals surface area contributed by atoms with Crippen molar-refractivity contribution in [1.29, 1.82) is 0 Å². The molecule has 2 heterocycles. The van der Waals surface area contributed by atoms with Gasteiger partial charge in [0.25, 0.3) is 0 Å². The van der Waals surface area contributed by atoms with Gasteiger partial charge in [-0.25, -0.2) is 4.98 Å². The first-order chi connectivity index (χ1) is 12.8. The van der Waals surface area contributed by atoms with Crippen molar-refractivity contribution in [1.82, 2.24) is 20.2 Å². The SMILES string of the molecule is CN=C(NCc1nccn1Cc1ccccc1)NCC(C)c1cccs1. The highest BCUT2D eigenvalue weighted by molar-refractivity contribution is 7.10. The summed E-state index contributed by atoms with van der Waals surface area (Å²) in [6.07, 6.45) is 3.86. The predicted molar refractivity (Wildman–Crippen MR) is 109 cm³/mol. The molecule has 26 heavy (non-hydrogen) atoms. The van der Waals surface area contributed by atoms with Gasteiger partial charge in [-0.3, -0.25) is 4.99 Å². The van der Waals surface area contributed by atoms with Crippen LogP contribution >= 0.6 is 11.3 Å². The highest BCUT2D eigenvalue weighted by Crippen LogP contribution is 2.19. The molecule has 1 unspecified atom stereocenters. The summed E-state index contributed by atoms with van der Waals surface area (Å²) in [7, 11) is 1.79.